The van der Waals surface area contributed by atoms with Gasteiger partial charge in [0, 0.05) is 23.9 Å². The highest BCUT2D eigenvalue weighted by atomic mass is 79.9. The Kier molecular flexibility index (Phi) is 6.49. The van der Waals surface area contributed by atoms with E-state index >= 15 is 0 Å². The van der Waals surface area contributed by atoms with Crippen molar-refractivity contribution in [3.8, 4) is 0 Å². The lowest BCUT2D eigenvalue weighted by Gasteiger charge is -2.19. The zero-order valence-corrected chi connectivity index (χ0v) is 18.0. The third-order valence-corrected chi connectivity index (χ3v) is 6.26. The molecule has 3 aromatic rings. The van der Waals surface area contributed by atoms with Crippen LogP contribution in [0.1, 0.15) is 23.0 Å². The first kappa shape index (κ1) is 21.2. The van der Waals surface area contributed by atoms with Gasteiger partial charge in [-0.3, -0.25) is 4.79 Å². The number of hydrogen-bond donors (Lipinski definition) is 1. The van der Waals surface area contributed by atoms with E-state index < -0.39 is 33.4 Å². The van der Waals surface area contributed by atoms with Crippen LogP contribution in [0.5, 0.6) is 0 Å². The fourth-order valence-corrected chi connectivity index (χ4v) is 4.48. The summed E-state index contributed by atoms with van der Waals surface area (Å²) in [6.07, 6.45) is 3.25. The summed E-state index contributed by atoms with van der Waals surface area (Å²) in [6, 6.07) is 11.8. The number of nitrogens with zero attached hydrogens (tertiary/aromatic N) is 2. The van der Waals surface area contributed by atoms with Crippen molar-refractivity contribution in [1.29, 1.82) is 0 Å². The molecule has 1 aromatic heterocycles. The van der Waals surface area contributed by atoms with Gasteiger partial charge in [0.15, 0.2) is 9.84 Å². The van der Waals surface area contributed by atoms with Crippen molar-refractivity contribution in [3.63, 3.8) is 0 Å². The third kappa shape index (κ3) is 5.74. The fourth-order valence-electron chi connectivity index (χ4n) is 2.93. The van der Waals surface area contributed by atoms with Crippen molar-refractivity contribution >= 4 is 31.7 Å². The molecule has 1 amide bonds. The Morgan fingerprint density at radius 2 is 1.97 bits per heavy atom. The number of sulfone groups is 1. The smallest absolute Gasteiger partial charge is 0.236 e. The Morgan fingerprint density at radius 1 is 1.24 bits per heavy atom. The van der Waals surface area contributed by atoms with Crippen LogP contribution in [-0.2, 0) is 27.4 Å². The Morgan fingerprint density at radius 3 is 2.59 bits per heavy atom. The summed E-state index contributed by atoms with van der Waals surface area (Å²) in [7, 11) is -1.95. The molecule has 2 aromatic carbocycles. The second kappa shape index (κ2) is 8.87. The van der Waals surface area contributed by atoms with Crippen LogP contribution in [-0.4, -0.2) is 29.6 Å². The maximum absolute atomic E-state index is 13.7. The number of amides is 1. The summed E-state index contributed by atoms with van der Waals surface area (Å²) >= 11 is 3.30. The van der Waals surface area contributed by atoms with E-state index in [0.717, 1.165) is 4.47 Å². The van der Waals surface area contributed by atoms with Crippen molar-refractivity contribution in [2.75, 3.05) is 5.75 Å². The normalized spacial score (nSPS) is 12.5. The molecule has 1 N–H and O–H groups in total. The van der Waals surface area contributed by atoms with Crippen LogP contribution in [0.25, 0.3) is 0 Å². The minimum Gasteiger partial charge on any atom is -0.341 e. The van der Waals surface area contributed by atoms with E-state index in [9.17, 15) is 17.6 Å². The Bertz CT molecular complexity index is 1110. The Balaban J connectivity index is 1.78. The van der Waals surface area contributed by atoms with Crippen molar-refractivity contribution < 1.29 is 17.6 Å². The summed E-state index contributed by atoms with van der Waals surface area (Å²) < 4.78 is 41.2. The van der Waals surface area contributed by atoms with E-state index in [4.69, 9.17) is 0 Å². The van der Waals surface area contributed by atoms with E-state index in [2.05, 4.69) is 26.2 Å². The standard InChI is InChI=1S/C20H19BrFN3O3S/c1-25-10-9-23-20(25)19(15-3-2-4-17(22)11-15)24-18(26)13-29(27,28)12-14-5-7-16(21)8-6-14/h2-11,19H,12-13H2,1H3,(H,24,26). The molecule has 1 unspecified atom stereocenters. The number of benzene rings is 2. The number of nitrogens with one attached hydrogen (secondary N) is 1. The van der Waals surface area contributed by atoms with E-state index in [1.807, 2.05) is 0 Å². The van der Waals surface area contributed by atoms with Crippen molar-refractivity contribution in [2.45, 2.75) is 11.8 Å². The Labute approximate surface area is 176 Å². The highest BCUT2D eigenvalue weighted by Gasteiger charge is 2.24. The molecule has 1 atom stereocenters. The summed E-state index contributed by atoms with van der Waals surface area (Å²) in [5, 5.41) is 2.68. The van der Waals surface area contributed by atoms with Crippen LogP contribution >= 0.6 is 15.9 Å². The number of imidazole rings is 1. The highest BCUT2D eigenvalue weighted by Crippen LogP contribution is 2.21. The van der Waals surface area contributed by atoms with Gasteiger partial charge >= 0.3 is 0 Å². The molecule has 9 heteroatoms. The zero-order valence-electron chi connectivity index (χ0n) is 15.5. The van der Waals surface area contributed by atoms with Crippen molar-refractivity contribution in [3.05, 3.63) is 88.2 Å². The van der Waals surface area contributed by atoms with Crippen LogP contribution in [0, 0.1) is 5.82 Å². The van der Waals surface area contributed by atoms with Gasteiger partial charge in [0.1, 0.15) is 23.4 Å². The number of halogens is 2. The molecule has 1 heterocycles. The molecule has 0 aliphatic carbocycles. The Hall–Kier alpha value is -2.52. The zero-order chi connectivity index (χ0) is 21.0. The molecular weight excluding hydrogens is 461 g/mol. The van der Waals surface area contributed by atoms with Crippen LogP contribution in [0.4, 0.5) is 4.39 Å². The molecule has 29 heavy (non-hydrogen) atoms. The number of aryl methyl sites for hydroxylation is 1. The van der Waals surface area contributed by atoms with Crippen molar-refractivity contribution in [2.24, 2.45) is 7.05 Å². The van der Waals surface area contributed by atoms with E-state index in [-0.39, 0.29) is 5.75 Å². The number of carbonyl (C=O) groups excluding carboxylic acids is 1. The average Bonchev–Trinajstić information content (AvgIpc) is 3.06. The second-order valence-corrected chi connectivity index (χ2v) is 9.59. The quantitative estimate of drug-likeness (QED) is 0.564. The van der Waals surface area contributed by atoms with Gasteiger partial charge in [-0.1, -0.05) is 40.2 Å². The molecule has 0 aliphatic rings. The SMILES string of the molecule is Cn1ccnc1C(NC(=O)CS(=O)(=O)Cc1ccc(Br)cc1)c1cccc(F)c1. The summed E-state index contributed by atoms with van der Waals surface area (Å²) in [4.78, 5) is 16.8. The lowest BCUT2D eigenvalue weighted by Crippen LogP contribution is -2.35. The lowest BCUT2D eigenvalue weighted by atomic mass is 10.1. The minimum atomic E-state index is -3.69. The summed E-state index contributed by atoms with van der Waals surface area (Å²) in [5.41, 5.74) is 1.06. The van der Waals surface area contributed by atoms with Gasteiger partial charge in [0.25, 0.3) is 0 Å². The number of carbonyl (C=O) groups is 1. The third-order valence-electron chi connectivity index (χ3n) is 4.25. The van der Waals surface area contributed by atoms with Crippen LogP contribution in [0.15, 0.2) is 65.4 Å². The molecule has 6 nitrogen and oxygen atoms in total. The first-order valence-corrected chi connectivity index (χ1v) is 11.3. The van der Waals surface area contributed by atoms with Crippen LogP contribution < -0.4 is 5.32 Å². The van der Waals surface area contributed by atoms with Crippen molar-refractivity contribution in [1.82, 2.24) is 14.9 Å². The number of aromatic nitrogens is 2. The average molecular weight is 480 g/mol. The molecule has 0 spiro atoms. The predicted molar refractivity (Wildman–Crippen MR) is 111 cm³/mol. The van der Waals surface area contributed by atoms with Crippen LogP contribution in [0.3, 0.4) is 0 Å². The summed E-state index contributed by atoms with van der Waals surface area (Å²) in [5.74, 6) is -1.60. The first-order valence-electron chi connectivity index (χ1n) is 8.70. The van der Waals surface area contributed by atoms with Gasteiger partial charge in [-0.05, 0) is 35.4 Å². The number of hydrogen-bond acceptors (Lipinski definition) is 4. The second-order valence-electron chi connectivity index (χ2n) is 6.61. The molecule has 3 rings (SSSR count). The first-order chi connectivity index (χ1) is 13.7. The molecule has 0 saturated carbocycles. The number of rotatable bonds is 7. The van der Waals surface area contributed by atoms with Gasteiger partial charge in [-0.25, -0.2) is 17.8 Å². The maximum atomic E-state index is 13.7. The van der Waals surface area contributed by atoms with Gasteiger partial charge < -0.3 is 9.88 Å². The molecule has 152 valence electrons. The van der Waals surface area contributed by atoms with Crippen LogP contribution in [0.2, 0.25) is 0 Å². The van der Waals surface area contributed by atoms with E-state index in [1.54, 1.807) is 54.3 Å². The highest BCUT2D eigenvalue weighted by molar-refractivity contribution is 9.10. The molecular formula is C20H19BrFN3O3S. The minimum absolute atomic E-state index is 0.249. The van der Waals surface area contributed by atoms with E-state index in [1.165, 1.54) is 18.2 Å². The lowest BCUT2D eigenvalue weighted by molar-refractivity contribution is -0.119. The van der Waals surface area contributed by atoms with E-state index in [0.29, 0.717) is 17.0 Å². The molecule has 0 bridgehead atoms. The topological polar surface area (TPSA) is 81.1 Å². The maximum Gasteiger partial charge on any atom is 0.236 e. The molecule has 0 radical (unpaired) electrons. The predicted octanol–water partition coefficient (Wildman–Crippen LogP) is 3.14. The molecule has 0 saturated heterocycles. The van der Waals surface area contributed by atoms with Gasteiger partial charge in [0.2, 0.25) is 5.91 Å². The summed E-state index contributed by atoms with van der Waals surface area (Å²) in [6.45, 7) is 0. The molecule has 0 aliphatic heterocycles. The van der Waals surface area contributed by atoms with Gasteiger partial charge in [-0.15, -0.1) is 0 Å². The van der Waals surface area contributed by atoms with Gasteiger partial charge in [-0.2, -0.15) is 0 Å². The largest absolute Gasteiger partial charge is 0.341 e. The monoisotopic (exact) mass is 479 g/mol. The molecule has 0 fully saturated rings. The fraction of sp³-hybridized carbons (Fsp3) is 0.200. The van der Waals surface area contributed by atoms with Gasteiger partial charge in [0.05, 0.1) is 5.75 Å².